The largest absolute Gasteiger partial charge is 0.389 e. The van der Waals surface area contributed by atoms with Crippen molar-refractivity contribution in [1.29, 1.82) is 0 Å². The third kappa shape index (κ3) is 2.26. The van der Waals surface area contributed by atoms with Crippen molar-refractivity contribution in [2.24, 2.45) is 0 Å². The van der Waals surface area contributed by atoms with Gasteiger partial charge in [0.05, 0.1) is 11.8 Å². The molecule has 17 heavy (non-hydrogen) atoms. The molecular formula is C13H14N2O2. The second-order valence-corrected chi connectivity index (χ2v) is 3.94. The van der Waals surface area contributed by atoms with E-state index in [1.165, 1.54) is 16.8 Å². The molecule has 0 fully saturated rings. The van der Waals surface area contributed by atoms with E-state index in [0.29, 0.717) is 5.82 Å². The van der Waals surface area contributed by atoms with Crippen LogP contribution >= 0.6 is 0 Å². The van der Waals surface area contributed by atoms with Gasteiger partial charge in [0.15, 0.2) is 0 Å². The minimum absolute atomic E-state index is 0.125. The number of benzene rings is 1. The lowest BCUT2D eigenvalue weighted by molar-refractivity contribution is 0.199. The Kier molecular flexibility index (Phi) is 3.06. The van der Waals surface area contributed by atoms with Crippen molar-refractivity contribution in [3.8, 4) is 5.69 Å². The Morgan fingerprint density at radius 2 is 2.12 bits per heavy atom. The Hall–Kier alpha value is -1.94. The van der Waals surface area contributed by atoms with Crippen molar-refractivity contribution in [3.63, 3.8) is 0 Å². The molecule has 2 rings (SSSR count). The molecule has 0 radical (unpaired) electrons. The summed E-state index contributed by atoms with van der Waals surface area (Å²) in [6, 6.07) is 8.67. The number of aromatic nitrogens is 2. The number of nitrogens with zero attached hydrogens (tertiary/aromatic N) is 2. The van der Waals surface area contributed by atoms with Gasteiger partial charge in [-0.1, -0.05) is 12.1 Å². The molecule has 4 heteroatoms. The fraction of sp³-hybridized carbons (Fsp3) is 0.231. The van der Waals surface area contributed by atoms with E-state index in [9.17, 15) is 9.90 Å². The molecule has 0 saturated carbocycles. The van der Waals surface area contributed by atoms with Gasteiger partial charge in [0.2, 0.25) is 0 Å². The first-order valence-electron chi connectivity index (χ1n) is 5.42. The SMILES string of the molecule is Cc1nccc(=O)n1-c1cccc(C(C)O)c1. The van der Waals surface area contributed by atoms with Crippen LogP contribution in [0.25, 0.3) is 5.69 Å². The minimum atomic E-state index is -0.553. The van der Waals surface area contributed by atoms with Crippen LogP contribution in [0.15, 0.2) is 41.3 Å². The zero-order chi connectivity index (χ0) is 12.4. The minimum Gasteiger partial charge on any atom is -0.389 e. The molecule has 0 aliphatic heterocycles. The van der Waals surface area contributed by atoms with Crippen molar-refractivity contribution >= 4 is 0 Å². The summed E-state index contributed by atoms with van der Waals surface area (Å²) in [5, 5.41) is 9.53. The molecule has 0 bridgehead atoms. The summed E-state index contributed by atoms with van der Waals surface area (Å²) in [5.41, 5.74) is 1.37. The van der Waals surface area contributed by atoms with Crippen molar-refractivity contribution in [1.82, 2.24) is 9.55 Å². The Bertz CT molecular complexity index is 588. The highest BCUT2D eigenvalue weighted by atomic mass is 16.3. The van der Waals surface area contributed by atoms with E-state index < -0.39 is 6.10 Å². The third-order valence-electron chi connectivity index (χ3n) is 2.63. The van der Waals surface area contributed by atoms with E-state index in [4.69, 9.17) is 0 Å². The van der Waals surface area contributed by atoms with Gasteiger partial charge in [-0.15, -0.1) is 0 Å². The third-order valence-corrected chi connectivity index (χ3v) is 2.63. The van der Waals surface area contributed by atoms with E-state index in [1.54, 1.807) is 19.9 Å². The lowest BCUT2D eigenvalue weighted by Gasteiger charge is -2.11. The van der Waals surface area contributed by atoms with Crippen molar-refractivity contribution in [2.75, 3.05) is 0 Å². The molecule has 1 heterocycles. The van der Waals surface area contributed by atoms with Crippen LogP contribution < -0.4 is 5.56 Å². The summed E-state index contributed by atoms with van der Waals surface area (Å²) < 4.78 is 1.52. The van der Waals surface area contributed by atoms with Crippen LogP contribution in [0.2, 0.25) is 0 Å². The number of aryl methyl sites for hydroxylation is 1. The summed E-state index contributed by atoms with van der Waals surface area (Å²) >= 11 is 0. The number of aliphatic hydroxyl groups is 1. The van der Waals surface area contributed by atoms with Gasteiger partial charge in [-0.2, -0.15) is 0 Å². The highest BCUT2D eigenvalue weighted by Crippen LogP contribution is 2.16. The first-order valence-corrected chi connectivity index (χ1v) is 5.42. The zero-order valence-corrected chi connectivity index (χ0v) is 9.79. The maximum Gasteiger partial charge on any atom is 0.258 e. The number of hydrogen-bond donors (Lipinski definition) is 1. The predicted molar refractivity (Wildman–Crippen MR) is 65.2 cm³/mol. The van der Waals surface area contributed by atoms with E-state index >= 15 is 0 Å². The number of hydrogen-bond acceptors (Lipinski definition) is 3. The quantitative estimate of drug-likeness (QED) is 0.852. The molecule has 0 spiro atoms. The molecule has 2 aromatic rings. The zero-order valence-electron chi connectivity index (χ0n) is 9.79. The maximum atomic E-state index is 11.8. The lowest BCUT2D eigenvalue weighted by Crippen LogP contribution is -2.20. The van der Waals surface area contributed by atoms with Crippen LogP contribution in [0.4, 0.5) is 0 Å². The summed E-state index contributed by atoms with van der Waals surface area (Å²) in [7, 11) is 0. The monoisotopic (exact) mass is 230 g/mol. The summed E-state index contributed by atoms with van der Waals surface area (Å²) in [6.07, 6.45) is 0.940. The second-order valence-electron chi connectivity index (χ2n) is 3.94. The Morgan fingerprint density at radius 3 is 2.76 bits per heavy atom. The molecule has 88 valence electrons. The van der Waals surface area contributed by atoms with E-state index in [-0.39, 0.29) is 5.56 Å². The fourth-order valence-electron chi connectivity index (χ4n) is 1.74. The van der Waals surface area contributed by atoms with Gasteiger partial charge in [-0.3, -0.25) is 9.36 Å². The molecule has 4 nitrogen and oxygen atoms in total. The van der Waals surface area contributed by atoms with E-state index in [2.05, 4.69) is 4.98 Å². The first kappa shape index (κ1) is 11.5. The topological polar surface area (TPSA) is 55.1 Å². The van der Waals surface area contributed by atoms with Gasteiger partial charge in [0, 0.05) is 12.3 Å². The molecule has 0 aliphatic carbocycles. The van der Waals surface area contributed by atoms with Gasteiger partial charge in [0.1, 0.15) is 5.82 Å². The molecule has 0 amide bonds. The molecule has 1 aromatic heterocycles. The summed E-state index contributed by atoms with van der Waals surface area (Å²) in [6.45, 7) is 3.47. The predicted octanol–water partition coefficient (Wildman–Crippen LogP) is 1.59. The Morgan fingerprint density at radius 1 is 1.35 bits per heavy atom. The van der Waals surface area contributed by atoms with Crippen molar-refractivity contribution in [3.05, 3.63) is 58.3 Å². The van der Waals surface area contributed by atoms with Crippen LogP contribution in [0.3, 0.4) is 0 Å². The van der Waals surface area contributed by atoms with Crippen molar-refractivity contribution < 1.29 is 5.11 Å². The van der Waals surface area contributed by atoms with Gasteiger partial charge < -0.3 is 5.11 Å². The molecule has 0 aliphatic rings. The number of rotatable bonds is 2. The average molecular weight is 230 g/mol. The fourth-order valence-corrected chi connectivity index (χ4v) is 1.74. The Balaban J connectivity index is 2.61. The highest BCUT2D eigenvalue weighted by molar-refractivity contribution is 5.37. The maximum absolute atomic E-state index is 11.8. The standard InChI is InChI=1S/C13H14N2O2/c1-9(16)11-4-3-5-12(8-11)15-10(2)14-7-6-13(15)17/h3-9,16H,1-2H3. The van der Waals surface area contributed by atoms with E-state index in [1.807, 2.05) is 18.2 Å². The Labute approximate surface area is 99.2 Å². The van der Waals surface area contributed by atoms with Crippen LogP contribution in [0.5, 0.6) is 0 Å². The average Bonchev–Trinajstić information content (AvgIpc) is 2.29. The van der Waals surface area contributed by atoms with Gasteiger partial charge in [-0.05, 0) is 31.5 Å². The van der Waals surface area contributed by atoms with Crippen LogP contribution in [-0.2, 0) is 0 Å². The van der Waals surface area contributed by atoms with Crippen LogP contribution in [0, 0.1) is 6.92 Å². The first-order chi connectivity index (χ1) is 8.09. The lowest BCUT2D eigenvalue weighted by atomic mass is 10.1. The molecule has 1 aromatic carbocycles. The second kappa shape index (κ2) is 4.51. The number of aliphatic hydroxyl groups excluding tert-OH is 1. The smallest absolute Gasteiger partial charge is 0.258 e. The highest BCUT2D eigenvalue weighted by Gasteiger charge is 2.06. The molecule has 1 N–H and O–H groups in total. The van der Waals surface area contributed by atoms with Crippen LogP contribution in [0.1, 0.15) is 24.4 Å². The van der Waals surface area contributed by atoms with Gasteiger partial charge >= 0.3 is 0 Å². The summed E-state index contributed by atoms with van der Waals surface area (Å²) in [5.74, 6) is 0.625. The van der Waals surface area contributed by atoms with Gasteiger partial charge in [-0.25, -0.2) is 4.98 Å². The normalized spacial score (nSPS) is 12.4. The van der Waals surface area contributed by atoms with Gasteiger partial charge in [0.25, 0.3) is 5.56 Å². The summed E-state index contributed by atoms with van der Waals surface area (Å²) in [4.78, 5) is 15.9. The van der Waals surface area contributed by atoms with Crippen molar-refractivity contribution in [2.45, 2.75) is 20.0 Å². The van der Waals surface area contributed by atoms with E-state index in [0.717, 1.165) is 11.3 Å². The molecule has 0 saturated heterocycles. The molecular weight excluding hydrogens is 216 g/mol. The molecule has 1 unspecified atom stereocenters. The molecule has 1 atom stereocenters. The van der Waals surface area contributed by atoms with Crippen LogP contribution in [-0.4, -0.2) is 14.7 Å².